The first-order valence-corrected chi connectivity index (χ1v) is 24.6. The van der Waals surface area contributed by atoms with E-state index in [1.54, 1.807) is 0 Å². The van der Waals surface area contributed by atoms with Gasteiger partial charge >= 0.3 is 0 Å². The standard InChI is InChI=1S/C67H45N3O/c1-3-15-42(16-4-1)65-68-66(43-17-5-2-6-18-43)70-67(69-65)60-35-34-51(52-23-7-11-27-56(52)60)50-30-33-59-62-40-49(31-36-63(62)71-64(59)41-50)47-22-14-20-45(38-47)44-19-13-21-46(37-44)48-29-32-58-55-26-9-8-24-53(55)54-25-10-12-28-57(54)61(58)39-48/h1-8,10-25,27-36,38-41,44H,9,26,37H2. The summed E-state index contributed by atoms with van der Waals surface area (Å²) in [4.78, 5) is 15.1. The molecule has 4 heteroatoms. The van der Waals surface area contributed by atoms with Crippen LogP contribution in [0, 0.1) is 0 Å². The van der Waals surface area contributed by atoms with Gasteiger partial charge in [0.05, 0.1) is 0 Å². The first-order valence-electron chi connectivity index (χ1n) is 24.6. The number of hydrogen-bond acceptors (Lipinski definition) is 4. The number of rotatable bonds is 7. The maximum Gasteiger partial charge on any atom is 0.164 e. The van der Waals surface area contributed by atoms with Crippen LogP contribution in [0.5, 0.6) is 0 Å². The summed E-state index contributed by atoms with van der Waals surface area (Å²) >= 11 is 0. The molecule has 2 aliphatic carbocycles. The second-order valence-electron chi connectivity index (χ2n) is 18.9. The number of furan rings is 1. The second-order valence-corrected chi connectivity index (χ2v) is 18.9. The average molecular weight is 908 g/mol. The molecule has 12 aromatic rings. The number of allylic oxidation sites excluding steroid dienone is 5. The van der Waals surface area contributed by atoms with Gasteiger partial charge < -0.3 is 4.42 Å². The second kappa shape index (κ2) is 16.9. The minimum absolute atomic E-state index is 0.272. The van der Waals surface area contributed by atoms with Gasteiger partial charge in [-0.05, 0) is 138 Å². The third-order valence-electron chi connectivity index (χ3n) is 14.8. The largest absolute Gasteiger partial charge is 0.456 e. The normalized spacial score (nSPS) is 14.4. The Hall–Kier alpha value is -8.99. The van der Waals surface area contributed by atoms with Crippen LogP contribution in [-0.4, -0.2) is 15.0 Å². The molecule has 1 unspecified atom stereocenters. The molecule has 0 aliphatic heterocycles. The molecule has 0 saturated heterocycles. The third kappa shape index (κ3) is 7.18. The lowest BCUT2D eigenvalue weighted by atomic mass is 9.82. The van der Waals surface area contributed by atoms with Crippen LogP contribution < -0.4 is 0 Å². The van der Waals surface area contributed by atoms with Crippen LogP contribution in [0.2, 0.25) is 0 Å². The van der Waals surface area contributed by atoms with Crippen molar-refractivity contribution in [2.45, 2.75) is 25.2 Å². The van der Waals surface area contributed by atoms with Gasteiger partial charge in [-0.15, -0.1) is 0 Å². The Balaban J connectivity index is 0.769. The molecule has 71 heavy (non-hydrogen) atoms. The van der Waals surface area contributed by atoms with Crippen LogP contribution >= 0.6 is 0 Å². The van der Waals surface area contributed by atoms with Gasteiger partial charge in [-0.3, -0.25) is 0 Å². The number of hydrogen-bond donors (Lipinski definition) is 0. The zero-order valence-electron chi connectivity index (χ0n) is 38.9. The fraction of sp³-hybridized carbons (Fsp3) is 0.0597. The highest BCUT2D eigenvalue weighted by Crippen LogP contribution is 2.43. The summed E-state index contributed by atoms with van der Waals surface area (Å²) in [7, 11) is 0. The Kier molecular flexibility index (Phi) is 9.77. The first-order chi connectivity index (χ1) is 35.2. The van der Waals surface area contributed by atoms with Gasteiger partial charge in [-0.25, -0.2) is 15.0 Å². The van der Waals surface area contributed by atoms with Crippen molar-refractivity contribution >= 4 is 65.9 Å². The summed E-state index contributed by atoms with van der Waals surface area (Å²) < 4.78 is 6.63. The molecule has 4 nitrogen and oxygen atoms in total. The van der Waals surface area contributed by atoms with E-state index in [0.717, 1.165) is 79.8 Å². The summed E-state index contributed by atoms with van der Waals surface area (Å²) in [5.74, 6) is 2.19. The molecule has 0 spiro atoms. The van der Waals surface area contributed by atoms with Crippen molar-refractivity contribution in [1.29, 1.82) is 0 Å². The maximum absolute atomic E-state index is 6.63. The molecule has 14 rings (SSSR count). The molecule has 0 amide bonds. The van der Waals surface area contributed by atoms with Gasteiger partial charge in [0.2, 0.25) is 0 Å². The molecule has 0 N–H and O–H groups in total. The monoisotopic (exact) mass is 907 g/mol. The van der Waals surface area contributed by atoms with E-state index in [1.807, 2.05) is 60.7 Å². The van der Waals surface area contributed by atoms with Gasteiger partial charge in [0.25, 0.3) is 0 Å². The smallest absolute Gasteiger partial charge is 0.164 e. The highest BCUT2D eigenvalue weighted by Gasteiger charge is 2.21. The lowest BCUT2D eigenvalue weighted by molar-refractivity contribution is 0.669. The third-order valence-corrected chi connectivity index (χ3v) is 14.8. The molecule has 0 bridgehead atoms. The van der Waals surface area contributed by atoms with Crippen molar-refractivity contribution in [3.63, 3.8) is 0 Å². The lowest BCUT2D eigenvalue weighted by Crippen LogP contribution is -2.02. The Morgan fingerprint density at radius 2 is 1.04 bits per heavy atom. The van der Waals surface area contributed by atoms with Crippen LogP contribution in [0.25, 0.3) is 122 Å². The molecule has 2 aliphatic rings. The molecular weight excluding hydrogens is 863 g/mol. The van der Waals surface area contributed by atoms with Crippen molar-refractivity contribution in [2.24, 2.45) is 0 Å². The Morgan fingerprint density at radius 3 is 1.85 bits per heavy atom. The van der Waals surface area contributed by atoms with Gasteiger partial charge in [0.15, 0.2) is 17.5 Å². The van der Waals surface area contributed by atoms with E-state index >= 15 is 0 Å². The van der Waals surface area contributed by atoms with Crippen LogP contribution in [-0.2, 0) is 6.42 Å². The SMILES string of the molecule is C1=CC(c2cccc(-c3ccc4oc5cc(-c6ccc(-c7nc(-c8ccccc8)nc(-c8ccccc8)n7)c7ccccc67)ccc5c4c3)c2)CC(c2ccc3c4c(c5ccccc5c3c2)C=CCC4)=C1. The minimum atomic E-state index is 0.272. The number of benzene rings is 10. The van der Waals surface area contributed by atoms with E-state index in [2.05, 4.69) is 170 Å². The molecule has 0 radical (unpaired) electrons. The van der Waals surface area contributed by atoms with Gasteiger partial charge in [-0.1, -0.05) is 194 Å². The Bertz CT molecular complexity index is 4140. The van der Waals surface area contributed by atoms with E-state index in [1.165, 1.54) is 60.5 Å². The van der Waals surface area contributed by atoms with Crippen molar-refractivity contribution < 1.29 is 4.42 Å². The molecular formula is C67H45N3O. The number of nitrogens with zero attached hydrogens (tertiary/aromatic N) is 3. The van der Waals surface area contributed by atoms with Crippen molar-refractivity contribution in [3.8, 4) is 56.4 Å². The topological polar surface area (TPSA) is 51.8 Å². The fourth-order valence-corrected chi connectivity index (χ4v) is 11.2. The number of aromatic nitrogens is 3. The molecule has 334 valence electrons. The van der Waals surface area contributed by atoms with Crippen LogP contribution in [0.4, 0.5) is 0 Å². The quantitative estimate of drug-likeness (QED) is 0.150. The van der Waals surface area contributed by atoms with Gasteiger partial charge in [-0.2, -0.15) is 0 Å². The molecule has 0 fully saturated rings. The lowest BCUT2D eigenvalue weighted by Gasteiger charge is -2.22. The molecule has 10 aromatic carbocycles. The highest BCUT2D eigenvalue weighted by atomic mass is 16.3. The first kappa shape index (κ1) is 41.0. The maximum atomic E-state index is 6.63. The summed E-state index contributed by atoms with van der Waals surface area (Å²) in [6.45, 7) is 0. The Labute approximate surface area is 411 Å². The molecule has 2 aromatic heterocycles. The van der Waals surface area contributed by atoms with E-state index in [9.17, 15) is 0 Å². The zero-order valence-corrected chi connectivity index (χ0v) is 38.9. The number of aryl methyl sites for hydroxylation is 1. The zero-order chi connectivity index (χ0) is 46.8. The Morgan fingerprint density at radius 1 is 0.408 bits per heavy atom. The molecule has 2 heterocycles. The summed E-state index contributed by atoms with van der Waals surface area (Å²) in [6, 6.07) is 71.5. The van der Waals surface area contributed by atoms with Crippen molar-refractivity contribution in [2.75, 3.05) is 0 Å². The van der Waals surface area contributed by atoms with Crippen LogP contribution in [0.1, 0.15) is 41.0 Å². The predicted octanol–water partition coefficient (Wildman–Crippen LogP) is 17.7. The van der Waals surface area contributed by atoms with E-state index in [4.69, 9.17) is 19.4 Å². The number of fused-ring (bicyclic) bond motifs is 10. The summed E-state index contributed by atoms with van der Waals surface area (Å²) in [6.07, 6.45) is 14.7. The van der Waals surface area contributed by atoms with Gasteiger partial charge in [0.1, 0.15) is 11.2 Å². The van der Waals surface area contributed by atoms with E-state index < -0.39 is 0 Å². The van der Waals surface area contributed by atoms with E-state index in [-0.39, 0.29) is 5.92 Å². The van der Waals surface area contributed by atoms with Crippen molar-refractivity contribution in [3.05, 3.63) is 247 Å². The fourth-order valence-electron chi connectivity index (χ4n) is 11.2. The molecule has 1 atom stereocenters. The predicted molar refractivity (Wildman–Crippen MR) is 295 cm³/mol. The van der Waals surface area contributed by atoms with Crippen LogP contribution in [0.15, 0.2) is 229 Å². The average Bonchev–Trinajstić information content (AvgIpc) is 3.82. The van der Waals surface area contributed by atoms with E-state index in [0.29, 0.717) is 17.5 Å². The summed E-state index contributed by atoms with van der Waals surface area (Å²) in [5.41, 5.74) is 16.0. The molecule has 0 saturated carbocycles. The van der Waals surface area contributed by atoms with Crippen molar-refractivity contribution in [1.82, 2.24) is 15.0 Å². The van der Waals surface area contributed by atoms with Crippen LogP contribution in [0.3, 0.4) is 0 Å². The van der Waals surface area contributed by atoms with Gasteiger partial charge in [0, 0.05) is 33.4 Å². The highest BCUT2D eigenvalue weighted by molar-refractivity contribution is 6.14. The minimum Gasteiger partial charge on any atom is -0.456 e. The summed E-state index contributed by atoms with van der Waals surface area (Å²) in [5, 5.41) is 9.82.